The van der Waals surface area contributed by atoms with Crippen LogP contribution in [0.4, 0.5) is 5.82 Å². The number of thiophene rings is 1. The first kappa shape index (κ1) is 13.7. The Labute approximate surface area is 143 Å². The van der Waals surface area contributed by atoms with Crippen molar-refractivity contribution in [1.29, 1.82) is 0 Å². The molecular weight excluding hydrogens is 318 g/mol. The van der Waals surface area contributed by atoms with Gasteiger partial charge in [-0.3, -0.25) is 0 Å². The highest BCUT2D eigenvalue weighted by molar-refractivity contribution is 7.17. The van der Waals surface area contributed by atoms with Crippen LogP contribution in [0.25, 0.3) is 21.3 Å². The maximum atomic E-state index is 4.63. The number of hydrogen-bond donors (Lipinski definition) is 0. The van der Waals surface area contributed by atoms with E-state index < -0.39 is 0 Å². The minimum atomic E-state index is 0.781. The molecule has 0 fully saturated rings. The molecule has 0 saturated carbocycles. The summed E-state index contributed by atoms with van der Waals surface area (Å²) in [7, 11) is 0. The van der Waals surface area contributed by atoms with Crippen molar-refractivity contribution in [3.63, 3.8) is 0 Å². The summed E-state index contributed by atoms with van der Waals surface area (Å²) in [6, 6.07) is 10.5. The summed E-state index contributed by atoms with van der Waals surface area (Å²) < 4.78 is 2.21. The molecule has 0 amide bonds. The van der Waals surface area contributed by atoms with Gasteiger partial charge in [-0.05, 0) is 5.56 Å². The van der Waals surface area contributed by atoms with Gasteiger partial charge in [-0.25, -0.2) is 15.0 Å². The van der Waals surface area contributed by atoms with Crippen molar-refractivity contribution in [3.8, 4) is 11.1 Å². The van der Waals surface area contributed by atoms with E-state index in [4.69, 9.17) is 0 Å². The predicted molar refractivity (Wildman–Crippen MR) is 96.1 cm³/mol. The van der Waals surface area contributed by atoms with Gasteiger partial charge in [0, 0.05) is 36.4 Å². The smallest absolute Gasteiger partial charge is 0.141 e. The molecule has 0 bridgehead atoms. The van der Waals surface area contributed by atoms with Crippen molar-refractivity contribution in [2.24, 2.45) is 0 Å². The largest absolute Gasteiger partial charge is 0.347 e. The van der Waals surface area contributed by atoms with E-state index in [2.05, 4.69) is 54.1 Å². The summed E-state index contributed by atoms with van der Waals surface area (Å²) >= 11 is 1.68. The number of imidazole rings is 1. The molecule has 0 unspecified atom stereocenters. The van der Waals surface area contributed by atoms with Gasteiger partial charge in [-0.1, -0.05) is 30.3 Å². The Balaban J connectivity index is 1.66. The topological polar surface area (TPSA) is 46.8 Å². The minimum Gasteiger partial charge on any atom is -0.347 e. The third-order valence-corrected chi connectivity index (χ3v) is 5.37. The molecule has 0 spiro atoms. The molecular formula is C18H15N5S. The summed E-state index contributed by atoms with van der Waals surface area (Å²) in [6.07, 6.45) is 5.58. The molecule has 0 atom stereocenters. The second kappa shape index (κ2) is 5.42. The van der Waals surface area contributed by atoms with Gasteiger partial charge in [0.15, 0.2) is 0 Å². The summed E-state index contributed by atoms with van der Waals surface area (Å²) in [6.45, 7) is 2.65. The van der Waals surface area contributed by atoms with Crippen LogP contribution < -0.4 is 4.90 Å². The molecule has 5 rings (SSSR count). The SMILES string of the molecule is c1ccc(-c2csc3ncnc(N4CCn5ccnc5C4)c23)cc1. The first-order chi connectivity index (χ1) is 11.9. The lowest BCUT2D eigenvalue weighted by Crippen LogP contribution is -2.34. The molecule has 0 N–H and O–H groups in total. The minimum absolute atomic E-state index is 0.781. The predicted octanol–water partition coefficient (Wildman–Crippen LogP) is 3.58. The number of anilines is 1. The quantitative estimate of drug-likeness (QED) is 0.562. The molecule has 4 heterocycles. The lowest BCUT2D eigenvalue weighted by molar-refractivity contribution is 0.557. The summed E-state index contributed by atoms with van der Waals surface area (Å²) in [5.74, 6) is 2.10. The van der Waals surface area contributed by atoms with Gasteiger partial charge in [0.05, 0.1) is 11.9 Å². The molecule has 24 heavy (non-hydrogen) atoms. The van der Waals surface area contributed by atoms with Crippen LogP contribution >= 0.6 is 11.3 Å². The van der Waals surface area contributed by atoms with Crippen LogP contribution in [-0.2, 0) is 13.1 Å². The third kappa shape index (κ3) is 2.11. The molecule has 3 aromatic heterocycles. The molecule has 6 heteroatoms. The first-order valence-electron chi connectivity index (χ1n) is 7.93. The maximum Gasteiger partial charge on any atom is 0.141 e. The average molecular weight is 333 g/mol. The fourth-order valence-corrected chi connectivity index (χ4v) is 4.19. The summed E-state index contributed by atoms with van der Waals surface area (Å²) in [5.41, 5.74) is 2.42. The van der Waals surface area contributed by atoms with Crippen LogP contribution in [-0.4, -0.2) is 26.1 Å². The molecule has 0 aliphatic carbocycles. The molecule has 118 valence electrons. The van der Waals surface area contributed by atoms with Crippen LogP contribution in [0, 0.1) is 0 Å². The number of nitrogens with zero attached hydrogens (tertiary/aromatic N) is 5. The van der Waals surface area contributed by atoms with E-state index in [9.17, 15) is 0 Å². The maximum absolute atomic E-state index is 4.63. The van der Waals surface area contributed by atoms with E-state index in [0.717, 1.165) is 41.5 Å². The van der Waals surface area contributed by atoms with Gasteiger partial charge < -0.3 is 9.47 Å². The van der Waals surface area contributed by atoms with Crippen molar-refractivity contribution >= 4 is 27.4 Å². The molecule has 5 nitrogen and oxygen atoms in total. The molecule has 0 saturated heterocycles. The Hall–Kier alpha value is -2.73. The Morgan fingerprint density at radius 1 is 1.00 bits per heavy atom. The van der Waals surface area contributed by atoms with Crippen LogP contribution in [0.1, 0.15) is 5.82 Å². The van der Waals surface area contributed by atoms with Gasteiger partial charge in [-0.15, -0.1) is 11.3 Å². The zero-order valence-electron chi connectivity index (χ0n) is 13.0. The van der Waals surface area contributed by atoms with E-state index in [1.807, 2.05) is 18.5 Å². The average Bonchev–Trinajstić information content (AvgIpc) is 3.28. The molecule has 1 aromatic carbocycles. The zero-order chi connectivity index (χ0) is 15.9. The third-order valence-electron chi connectivity index (χ3n) is 4.48. The fourth-order valence-electron chi connectivity index (χ4n) is 3.28. The van der Waals surface area contributed by atoms with E-state index >= 15 is 0 Å². The van der Waals surface area contributed by atoms with E-state index in [1.54, 1.807) is 17.7 Å². The number of benzene rings is 1. The lowest BCUT2D eigenvalue weighted by Gasteiger charge is -2.29. The van der Waals surface area contributed by atoms with Crippen molar-refractivity contribution in [2.45, 2.75) is 13.1 Å². The number of aromatic nitrogens is 4. The van der Waals surface area contributed by atoms with Gasteiger partial charge in [0.25, 0.3) is 0 Å². The van der Waals surface area contributed by atoms with Crippen molar-refractivity contribution in [3.05, 3.63) is 60.3 Å². The standard InChI is InChI=1S/C18H15N5S/c1-2-4-13(5-3-1)14-11-24-18-16(14)17(20-12-21-18)23-9-8-22-7-6-19-15(22)10-23/h1-7,11-12H,8-10H2. The van der Waals surface area contributed by atoms with Crippen LogP contribution in [0.2, 0.25) is 0 Å². The van der Waals surface area contributed by atoms with Gasteiger partial charge in [0.1, 0.15) is 22.8 Å². The van der Waals surface area contributed by atoms with Crippen LogP contribution in [0.3, 0.4) is 0 Å². The number of hydrogen-bond acceptors (Lipinski definition) is 5. The second-order valence-electron chi connectivity index (χ2n) is 5.85. The monoisotopic (exact) mass is 333 g/mol. The van der Waals surface area contributed by atoms with Gasteiger partial charge >= 0.3 is 0 Å². The van der Waals surface area contributed by atoms with Crippen LogP contribution in [0.15, 0.2) is 54.4 Å². The highest BCUT2D eigenvalue weighted by atomic mass is 32.1. The van der Waals surface area contributed by atoms with E-state index in [1.165, 1.54) is 11.1 Å². The van der Waals surface area contributed by atoms with E-state index in [-0.39, 0.29) is 0 Å². The van der Waals surface area contributed by atoms with E-state index in [0.29, 0.717) is 0 Å². The molecule has 1 aliphatic heterocycles. The number of fused-ring (bicyclic) bond motifs is 2. The van der Waals surface area contributed by atoms with Gasteiger partial charge in [0.2, 0.25) is 0 Å². The highest BCUT2D eigenvalue weighted by Gasteiger charge is 2.22. The molecule has 0 radical (unpaired) electrons. The first-order valence-corrected chi connectivity index (χ1v) is 8.81. The van der Waals surface area contributed by atoms with Crippen LogP contribution in [0.5, 0.6) is 0 Å². The highest BCUT2D eigenvalue weighted by Crippen LogP contribution is 2.38. The number of rotatable bonds is 2. The summed E-state index contributed by atoms with van der Waals surface area (Å²) in [5, 5.41) is 3.33. The van der Waals surface area contributed by atoms with Crippen molar-refractivity contribution in [1.82, 2.24) is 19.5 Å². The Kier molecular flexibility index (Phi) is 3.09. The molecule has 4 aromatic rings. The zero-order valence-corrected chi connectivity index (χ0v) is 13.8. The molecule has 1 aliphatic rings. The second-order valence-corrected chi connectivity index (χ2v) is 6.71. The Bertz CT molecular complexity index is 1000. The normalized spacial score (nSPS) is 14.1. The Morgan fingerprint density at radius 2 is 1.92 bits per heavy atom. The van der Waals surface area contributed by atoms with Crippen molar-refractivity contribution in [2.75, 3.05) is 11.4 Å². The van der Waals surface area contributed by atoms with Crippen molar-refractivity contribution < 1.29 is 0 Å². The van der Waals surface area contributed by atoms with Gasteiger partial charge in [-0.2, -0.15) is 0 Å². The Morgan fingerprint density at radius 3 is 2.83 bits per heavy atom. The fraction of sp³-hybridized carbons (Fsp3) is 0.167. The lowest BCUT2D eigenvalue weighted by atomic mass is 10.1. The summed E-state index contributed by atoms with van der Waals surface area (Å²) in [4.78, 5) is 16.9.